The number of nitrogens with one attached hydrogen (secondary N) is 1. The molecule has 0 aliphatic carbocycles. The summed E-state index contributed by atoms with van der Waals surface area (Å²) in [4.78, 5) is 20.4. The van der Waals surface area contributed by atoms with Gasteiger partial charge in [0.1, 0.15) is 6.04 Å². The van der Waals surface area contributed by atoms with Gasteiger partial charge in [0.05, 0.1) is 0 Å². The summed E-state index contributed by atoms with van der Waals surface area (Å²) in [5.41, 5.74) is 0. The number of rotatable bonds is 5. The van der Waals surface area contributed by atoms with Crippen LogP contribution in [0.3, 0.4) is 0 Å². The Morgan fingerprint density at radius 3 is 2.42 bits per heavy atom. The first-order valence-electron chi connectivity index (χ1n) is 3.56. The zero-order valence-electron chi connectivity index (χ0n) is 6.70. The fourth-order valence-corrected chi connectivity index (χ4v) is 0.788. The van der Waals surface area contributed by atoms with Crippen LogP contribution in [0.1, 0.15) is 20.3 Å². The van der Waals surface area contributed by atoms with Crippen molar-refractivity contribution in [1.29, 1.82) is 0 Å². The van der Waals surface area contributed by atoms with Crippen molar-refractivity contribution in [3.63, 3.8) is 0 Å². The first-order valence-corrected chi connectivity index (χ1v) is 3.56. The van der Waals surface area contributed by atoms with Gasteiger partial charge in [0, 0.05) is 0 Å². The molecule has 0 bridgehead atoms. The van der Waals surface area contributed by atoms with E-state index in [0.29, 0.717) is 6.41 Å². The molecule has 0 aliphatic rings. The van der Waals surface area contributed by atoms with Crippen LogP contribution in [0, 0.1) is 5.92 Å². The number of carbonyl (C=O) groups is 2. The topological polar surface area (TPSA) is 66.4 Å². The van der Waals surface area contributed by atoms with E-state index in [4.69, 9.17) is 5.11 Å². The average Bonchev–Trinajstić information content (AvgIpc) is 1.98. The van der Waals surface area contributed by atoms with Crippen molar-refractivity contribution >= 4 is 63.8 Å². The molecule has 0 unspecified atom stereocenters. The molecule has 0 aromatic rings. The van der Waals surface area contributed by atoms with Crippen LogP contribution in [-0.2, 0) is 9.59 Å². The second kappa shape index (κ2) is 8.19. The summed E-state index contributed by atoms with van der Waals surface area (Å²) >= 11 is 0. The standard InChI is InChI=1S/C7H13NO3.K.H/c1-3-5(2)6(7(10)11)8-4-9;;/h4-6H,3H2,1-2H3,(H,8,9)(H,10,11);;/t5-,6-;;/m0../s1. The second-order valence-corrected chi connectivity index (χ2v) is 2.49. The molecule has 2 N–H and O–H groups in total. The van der Waals surface area contributed by atoms with E-state index in [9.17, 15) is 9.59 Å². The fraction of sp³-hybridized carbons (Fsp3) is 0.714. The van der Waals surface area contributed by atoms with Crippen molar-refractivity contribution in [3.05, 3.63) is 0 Å². The molecule has 0 aromatic heterocycles. The number of hydrogen-bond acceptors (Lipinski definition) is 2. The van der Waals surface area contributed by atoms with Gasteiger partial charge in [-0.25, -0.2) is 4.79 Å². The molecule has 0 saturated heterocycles. The number of carboxylic acids is 1. The van der Waals surface area contributed by atoms with Gasteiger partial charge in [0.15, 0.2) is 0 Å². The van der Waals surface area contributed by atoms with E-state index in [1.54, 1.807) is 6.92 Å². The number of amides is 1. The third kappa shape index (κ3) is 5.26. The molecule has 0 aliphatic heterocycles. The maximum atomic E-state index is 10.5. The quantitative estimate of drug-likeness (QED) is 0.467. The van der Waals surface area contributed by atoms with Crippen LogP contribution < -0.4 is 5.32 Å². The first kappa shape index (κ1) is 15.1. The predicted molar refractivity (Wildman–Crippen MR) is 47.2 cm³/mol. The number of aliphatic carboxylic acids is 1. The molecule has 0 rings (SSSR count). The molecule has 0 heterocycles. The van der Waals surface area contributed by atoms with Gasteiger partial charge in [-0.1, -0.05) is 20.3 Å². The predicted octanol–water partition coefficient (Wildman–Crippen LogP) is -0.417. The fourth-order valence-electron chi connectivity index (χ4n) is 0.788. The zero-order valence-corrected chi connectivity index (χ0v) is 6.70. The van der Waals surface area contributed by atoms with Crippen molar-refractivity contribution < 1.29 is 14.7 Å². The summed E-state index contributed by atoms with van der Waals surface area (Å²) in [5, 5.41) is 10.8. The maximum absolute atomic E-state index is 10.5. The zero-order chi connectivity index (χ0) is 8.85. The minimum absolute atomic E-state index is 0. The van der Waals surface area contributed by atoms with E-state index in [1.807, 2.05) is 6.92 Å². The monoisotopic (exact) mass is 199 g/mol. The van der Waals surface area contributed by atoms with Crippen LogP contribution in [0.4, 0.5) is 0 Å². The molecule has 1 amide bonds. The van der Waals surface area contributed by atoms with Crippen molar-refractivity contribution in [1.82, 2.24) is 5.32 Å². The molecule has 0 radical (unpaired) electrons. The summed E-state index contributed by atoms with van der Waals surface area (Å²) in [5.74, 6) is -1.01. The van der Waals surface area contributed by atoms with Gasteiger partial charge in [-0.2, -0.15) is 0 Å². The third-order valence-electron chi connectivity index (χ3n) is 1.73. The van der Waals surface area contributed by atoms with Gasteiger partial charge in [-0.3, -0.25) is 4.79 Å². The molecular weight excluding hydrogens is 185 g/mol. The number of hydrogen-bond donors (Lipinski definition) is 2. The second-order valence-electron chi connectivity index (χ2n) is 2.49. The van der Waals surface area contributed by atoms with Crippen molar-refractivity contribution in [3.8, 4) is 0 Å². The van der Waals surface area contributed by atoms with Gasteiger partial charge in [0.2, 0.25) is 6.41 Å². The van der Waals surface area contributed by atoms with E-state index >= 15 is 0 Å². The van der Waals surface area contributed by atoms with Crippen LogP contribution in [0.2, 0.25) is 0 Å². The minimum atomic E-state index is -0.980. The van der Waals surface area contributed by atoms with Crippen molar-refractivity contribution in [2.45, 2.75) is 26.3 Å². The third-order valence-corrected chi connectivity index (χ3v) is 1.73. The molecule has 0 spiro atoms. The molecule has 2 atom stereocenters. The molecule has 0 aromatic carbocycles. The Labute approximate surface area is 115 Å². The molecule has 4 nitrogen and oxygen atoms in total. The Kier molecular flexibility index (Phi) is 10.3. The van der Waals surface area contributed by atoms with Crippen LogP contribution in [0.5, 0.6) is 0 Å². The van der Waals surface area contributed by atoms with Crippen molar-refractivity contribution in [2.24, 2.45) is 5.92 Å². The van der Waals surface area contributed by atoms with Gasteiger partial charge >= 0.3 is 57.4 Å². The van der Waals surface area contributed by atoms with E-state index in [0.717, 1.165) is 6.42 Å². The van der Waals surface area contributed by atoms with E-state index < -0.39 is 12.0 Å². The Balaban J connectivity index is 0. The normalized spacial score (nSPS) is 13.8. The Morgan fingerprint density at radius 1 is 1.67 bits per heavy atom. The molecule has 12 heavy (non-hydrogen) atoms. The van der Waals surface area contributed by atoms with Crippen LogP contribution >= 0.6 is 0 Å². The van der Waals surface area contributed by atoms with Crippen LogP contribution in [-0.4, -0.2) is 74.9 Å². The van der Waals surface area contributed by atoms with Crippen LogP contribution in [0.15, 0.2) is 0 Å². The molecule has 0 fully saturated rings. The summed E-state index contributed by atoms with van der Waals surface area (Å²) in [6, 6.07) is -0.752. The van der Waals surface area contributed by atoms with Crippen molar-refractivity contribution in [2.75, 3.05) is 0 Å². The van der Waals surface area contributed by atoms with Gasteiger partial charge in [-0.05, 0) is 5.92 Å². The summed E-state index contributed by atoms with van der Waals surface area (Å²) < 4.78 is 0. The summed E-state index contributed by atoms with van der Waals surface area (Å²) in [7, 11) is 0. The van der Waals surface area contributed by atoms with Crippen LogP contribution in [0.25, 0.3) is 0 Å². The first-order chi connectivity index (χ1) is 5.13. The summed E-state index contributed by atoms with van der Waals surface area (Å²) in [6.45, 7) is 3.67. The SMILES string of the molecule is CC[C@H](C)[C@H](NC=O)C(=O)O.[KH]. The average molecular weight is 199 g/mol. The number of carbonyl (C=O) groups excluding carboxylic acids is 1. The summed E-state index contributed by atoms with van der Waals surface area (Å²) in [6.07, 6.45) is 1.16. The van der Waals surface area contributed by atoms with E-state index in [-0.39, 0.29) is 57.3 Å². The molecule has 66 valence electrons. The van der Waals surface area contributed by atoms with E-state index in [2.05, 4.69) is 5.32 Å². The Bertz CT molecular complexity index is 152. The Morgan fingerprint density at radius 2 is 2.17 bits per heavy atom. The molecule has 0 saturated carbocycles. The Hall–Kier alpha value is 0.576. The van der Waals surface area contributed by atoms with Gasteiger partial charge < -0.3 is 10.4 Å². The van der Waals surface area contributed by atoms with E-state index in [1.165, 1.54) is 0 Å². The number of carboxylic acid groups (broad SMARTS) is 1. The van der Waals surface area contributed by atoms with Gasteiger partial charge in [0.25, 0.3) is 0 Å². The van der Waals surface area contributed by atoms with Gasteiger partial charge in [-0.15, -0.1) is 0 Å². The molecular formula is C7H14KNO3. The molecule has 5 heteroatoms.